The quantitative estimate of drug-likeness (QED) is 0.622. The number of carbonyl (C=O) groups is 1. The maximum absolute atomic E-state index is 11.2. The number of rotatable bonds is 4. The lowest BCUT2D eigenvalue weighted by Gasteiger charge is -2.37. The molecule has 0 radical (unpaired) electrons. The summed E-state index contributed by atoms with van der Waals surface area (Å²) in [4.78, 5) is 11.2. The summed E-state index contributed by atoms with van der Waals surface area (Å²) in [6.07, 6.45) is 0.895. The molecule has 1 unspecified atom stereocenters. The molecule has 1 aliphatic rings. The lowest BCUT2D eigenvalue weighted by molar-refractivity contribution is -0.0647. The molecule has 88 valence electrons. The van der Waals surface area contributed by atoms with Crippen molar-refractivity contribution in [3.05, 3.63) is 0 Å². The Hall–Kier alpha value is -0.810. The normalized spacial score (nSPS) is 26.0. The molecule has 5 heteroatoms. The average Bonchev–Trinajstić information content (AvgIpc) is 2.28. The molecule has 0 aliphatic carbocycles. The first kappa shape index (κ1) is 12.3. The lowest BCUT2D eigenvalue weighted by Crippen LogP contribution is -2.56. The van der Waals surface area contributed by atoms with Crippen LogP contribution in [0.4, 0.5) is 4.79 Å². The van der Waals surface area contributed by atoms with Gasteiger partial charge in [-0.05, 0) is 13.3 Å². The van der Waals surface area contributed by atoms with E-state index in [1.54, 1.807) is 0 Å². The van der Waals surface area contributed by atoms with E-state index in [1.807, 2.05) is 6.92 Å². The van der Waals surface area contributed by atoms with E-state index in [0.29, 0.717) is 19.7 Å². The summed E-state index contributed by atoms with van der Waals surface area (Å²) < 4.78 is 5.74. The fourth-order valence-electron chi connectivity index (χ4n) is 1.64. The van der Waals surface area contributed by atoms with Gasteiger partial charge >= 0.3 is 6.03 Å². The predicted molar refractivity (Wildman–Crippen MR) is 58.9 cm³/mol. The second-order valence-electron chi connectivity index (χ2n) is 3.77. The average molecular weight is 215 g/mol. The van der Waals surface area contributed by atoms with E-state index in [0.717, 1.165) is 19.5 Å². The van der Waals surface area contributed by atoms with E-state index >= 15 is 0 Å². The molecule has 2 amide bonds. The van der Waals surface area contributed by atoms with Gasteiger partial charge in [-0.15, -0.1) is 0 Å². The van der Waals surface area contributed by atoms with Crippen LogP contribution in [0.3, 0.4) is 0 Å². The van der Waals surface area contributed by atoms with Gasteiger partial charge in [0.2, 0.25) is 0 Å². The Morgan fingerprint density at radius 1 is 1.47 bits per heavy atom. The third-order valence-corrected chi connectivity index (χ3v) is 2.69. The highest BCUT2D eigenvalue weighted by Crippen LogP contribution is 2.16. The van der Waals surface area contributed by atoms with E-state index in [-0.39, 0.29) is 11.6 Å². The summed E-state index contributed by atoms with van der Waals surface area (Å²) in [7, 11) is 0. The molecule has 3 N–H and O–H groups in total. The van der Waals surface area contributed by atoms with Gasteiger partial charge in [0.05, 0.1) is 12.2 Å². The Kier molecular flexibility index (Phi) is 4.84. The minimum absolute atomic E-state index is 0.125. The Balaban J connectivity index is 2.35. The molecular weight excluding hydrogens is 194 g/mol. The first-order chi connectivity index (χ1) is 7.22. The maximum atomic E-state index is 11.2. The Morgan fingerprint density at radius 2 is 2.27 bits per heavy atom. The standard InChI is InChI=1S/C10H21N3O2/c1-3-10(7-11-5-6-15-10)8-13-9(14)12-4-2/h11H,3-8H2,1-2H3,(H2,12,13,14). The van der Waals surface area contributed by atoms with Crippen LogP contribution in [0.15, 0.2) is 0 Å². The van der Waals surface area contributed by atoms with Gasteiger partial charge in [-0.25, -0.2) is 4.79 Å². The van der Waals surface area contributed by atoms with Crippen LogP contribution in [0.5, 0.6) is 0 Å². The largest absolute Gasteiger partial charge is 0.371 e. The van der Waals surface area contributed by atoms with Gasteiger partial charge in [0.15, 0.2) is 0 Å². The van der Waals surface area contributed by atoms with Gasteiger partial charge in [-0.2, -0.15) is 0 Å². The molecule has 0 aromatic heterocycles. The molecule has 1 fully saturated rings. The maximum Gasteiger partial charge on any atom is 0.314 e. The van der Waals surface area contributed by atoms with Gasteiger partial charge in [0.1, 0.15) is 0 Å². The molecule has 0 saturated carbocycles. The predicted octanol–water partition coefficient (Wildman–Crippen LogP) is 0.0741. The molecule has 1 saturated heterocycles. The van der Waals surface area contributed by atoms with Crippen LogP contribution in [-0.2, 0) is 4.74 Å². The Bertz CT molecular complexity index is 203. The van der Waals surface area contributed by atoms with Crippen molar-refractivity contribution in [1.29, 1.82) is 0 Å². The zero-order chi connectivity index (χ0) is 11.1. The second-order valence-corrected chi connectivity index (χ2v) is 3.77. The van der Waals surface area contributed by atoms with Crippen molar-refractivity contribution in [2.45, 2.75) is 25.9 Å². The fraction of sp³-hybridized carbons (Fsp3) is 0.900. The number of ether oxygens (including phenoxy) is 1. The Morgan fingerprint density at radius 3 is 2.80 bits per heavy atom. The van der Waals surface area contributed by atoms with Crippen LogP contribution in [-0.4, -0.2) is 44.4 Å². The highest BCUT2D eigenvalue weighted by Gasteiger charge is 2.31. The van der Waals surface area contributed by atoms with Crippen molar-refractivity contribution < 1.29 is 9.53 Å². The monoisotopic (exact) mass is 215 g/mol. The number of carbonyl (C=O) groups excluding carboxylic acids is 1. The van der Waals surface area contributed by atoms with E-state index in [1.165, 1.54) is 0 Å². The summed E-state index contributed by atoms with van der Waals surface area (Å²) >= 11 is 0. The van der Waals surface area contributed by atoms with Crippen LogP contribution in [0.25, 0.3) is 0 Å². The van der Waals surface area contributed by atoms with E-state index in [9.17, 15) is 4.79 Å². The van der Waals surface area contributed by atoms with Crippen molar-refractivity contribution in [2.24, 2.45) is 0 Å². The van der Waals surface area contributed by atoms with Gasteiger partial charge in [-0.3, -0.25) is 0 Å². The molecular formula is C10H21N3O2. The summed E-state index contributed by atoms with van der Waals surface area (Å²) in [6.45, 7) is 7.58. The smallest absolute Gasteiger partial charge is 0.314 e. The number of hydrogen-bond donors (Lipinski definition) is 3. The second kappa shape index (κ2) is 5.92. The molecule has 1 aliphatic heterocycles. The van der Waals surface area contributed by atoms with Crippen molar-refractivity contribution in [3.8, 4) is 0 Å². The molecule has 0 bridgehead atoms. The SMILES string of the molecule is CCNC(=O)NCC1(CC)CNCCO1. The van der Waals surface area contributed by atoms with Crippen molar-refractivity contribution in [2.75, 3.05) is 32.8 Å². The van der Waals surface area contributed by atoms with E-state index < -0.39 is 0 Å². The Labute approximate surface area is 90.9 Å². The van der Waals surface area contributed by atoms with E-state index in [4.69, 9.17) is 4.74 Å². The fourth-order valence-corrected chi connectivity index (χ4v) is 1.64. The topological polar surface area (TPSA) is 62.4 Å². The van der Waals surface area contributed by atoms with Gasteiger partial charge in [0.25, 0.3) is 0 Å². The molecule has 0 spiro atoms. The summed E-state index contributed by atoms with van der Waals surface area (Å²) in [5.41, 5.74) is -0.233. The van der Waals surface area contributed by atoms with Crippen molar-refractivity contribution >= 4 is 6.03 Å². The zero-order valence-corrected chi connectivity index (χ0v) is 9.56. The number of amides is 2. The molecule has 0 aromatic carbocycles. The van der Waals surface area contributed by atoms with E-state index in [2.05, 4.69) is 22.9 Å². The third-order valence-electron chi connectivity index (χ3n) is 2.69. The summed E-state index contributed by atoms with van der Waals surface area (Å²) in [5.74, 6) is 0. The number of nitrogens with one attached hydrogen (secondary N) is 3. The molecule has 0 aromatic rings. The van der Waals surface area contributed by atoms with Crippen LogP contribution in [0.1, 0.15) is 20.3 Å². The van der Waals surface area contributed by atoms with Crippen molar-refractivity contribution in [1.82, 2.24) is 16.0 Å². The third kappa shape index (κ3) is 3.68. The lowest BCUT2D eigenvalue weighted by atomic mass is 9.99. The van der Waals surface area contributed by atoms with Crippen LogP contribution < -0.4 is 16.0 Å². The molecule has 1 atom stereocenters. The summed E-state index contributed by atoms with van der Waals surface area (Å²) in [5, 5.41) is 8.82. The number of urea groups is 1. The van der Waals surface area contributed by atoms with Crippen LogP contribution >= 0.6 is 0 Å². The first-order valence-electron chi connectivity index (χ1n) is 5.59. The first-order valence-corrected chi connectivity index (χ1v) is 5.59. The molecule has 1 heterocycles. The highest BCUT2D eigenvalue weighted by molar-refractivity contribution is 5.73. The molecule has 5 nitrogen and oxygen atoms in total. The van der Waals surface area contributed by atoms with Crippen LogP contribution in [0, 0.1) is 0 Å². The highest BCUT2D eigenvalue weighted by atomic mass is 16.5. The van der Waals surface area contributed by atoms with Gasteiger partial charge in [-0.1, -0.05) is 6.92 Å². The number of hydrogen-bond acceptors (Lipinski definition) is 3. The van der Waals surface area contributed by atoms with Gasteiger partial charge in [0, 0.05) is 26.2 Å². The number of morpholine rings is 1. The minimum atomic E-state index is -0.233. The molecule has 15 heavy (non-hydrogen) atoms. The van der Waals surface area contributed by atoms with Gasteiger partial charge < -0.3 is 20.7 Å². The van der Waals surface area contributed by atoms with Crippen molar-refractivity contribution in [3.63, 3.8) is 0 Å². The zero-order valence-electron chi connectivity index (χ0n) is 9.56. The summed E-state index contributed by atoms with van der Waals surface area (Å²) in [6, 6.07) is -0.125. The van der Waals surface area contributed by atoms with Crippen LogP contribution in [0.2, 0.25) is 0 Å². The minimum Gasteiger partial charge on any atom is -0.371 e. The molecule has 1 rings (SSSR count).